The van der Waals surface area contributed by atoms with Crippen LogP contribution < -0.4 is 5.32 Å². The molecule has 0 spiro atoms. The van der Waals surface area contributed by atoms with Crippen molar-refractivity contribution in [3.8, 4) is 0 Å². The molecule has 3 heteroatoms. The second-order valence-corrected chi connectivity index (χ2v) is 6.25. The van der Waals surface area contributed by atoms with Gasteiger partial charge in [0, 0.05) is 10.5 Å². The Labute approximate surface area is 134 Å². The Morgan fingerprint density at radius 2 is 1.86 bits per heavy atom. The van der Waals surface area contributed by atoms with E-state index in [9.17, 15) is 4.39 Å². The van der Waals surface area contributed by atoms with E-state index in [1.54, 1.807) is 12.1 Å². The predicted molar refractivity (Wildman–Crippen MR) is 90.0 cm³/mol. The molecule has 21 heavy (non-hydrogen) atoms. The number of benzene rings is 2. The monoisotopic (exact) mass is 349 g/mol. The fourth-order valence-corrected chi connectivity index (χ4v) is 2.76. The third kappa shape index (κ3) is 4.65. The summed E-state index contributed by atoms with van der Waals surface area (Å²) in [6.45, 7) is 5.08. The first kappa shape index (κ1) is 16.2. The van der Waals surface area contributed by atoms with Gasteiger partial charge in [-0.25, -0.2) is 4.39 Å². The summed E-state index contributed by atoms with van der Waals surface area (Å²) in [6.07, 6.45) is 1.98. The van der Waals surface area contributed by atoms with Gasteiger partial charge in [0.1, 0.15) is 5.82 Å². The molecule has 0 aromatic heterocycles. The van der Waals surface area contributed by atoms with Crippen molar-refractivity contribution in [1.82, 2.24) is 5.32 Å². The Kier molecular flexibility index (Phi) is 5.95. The van der Waals surface area contributed by atoms with E-state index in [1.807, 2.05) is 13.0 Å². The van der Waals surface area contributed by atoms with E-state index in [0.29, 0.717) is 0 Å². The van der Waals surface area contributed by atoms with Crippen molar-refractivity contribution in [2.45, 2.75) is 32.7 Å². The minimum absolute atomic E-state index is 0.172. The van der Waals surface area contributed by atoms with Gasteiger partial charge in [0.15, 0.2) is 0 Å². The molecule has 0 heterocycles. The fourth-order valence-electron chi connectivity index (χ4n) is 2.50. The number of nitrogens with one attached hydrogen (secondary N) is 1. The van der Waals surface area contributed by atoms with E-state index in [0.717, 1.165) is 29.4 Å². The van der Waals surface area contributed by atoms with Crippen LogP contribution in [-0.2, 0) is 6.42 Å². The Morgan fingerprint density at radius 1 is 1.14 bits per heavy atom. The van der Waals surface area contributed by atoms with Crippen LogP contribution in [0.25, 0.3) is 0 Å². The zero-order chi connectivity index (χ0) is 15.2. The molecular formula is C18H21BrFN. The van der Waals surface area contributed by atoms with Gasteiger partial charge in [-0.2, -0.15) is 0 Å². The molecule has 2 rings (SSSR count). The number of hydrogen-bond acceptors (Lipinski definition) is 1. The normalized spacial score (nSPS) is 12.4. The Bertz CT molecular complexity index is 580. The molecule has 0 fully saturated rings. The van der Waals surface area contributed by atoms with Gasteiger partial charge in [-0.1, -0.05) is 41.1 Å². The molecule has 1 unspecified atom stereocenters. The highest BCUT2D eigenvalue weighted by Gasteiger charge is 2.14. The molecule has 1 atom stereocenters. The van der Waals surface area contributed by atoms with Gasteiger partial charge in [0.2, 0.25) is 0 Å². The standard InChI is InChI=1S/C18H21BrFN/c1-3-10-21-18(12-14-4-6-15(19)7-5-14)17-9-8-16(20)11-13(17)2/h4-9,11,18,21H,3,10,12H2,1-2H3. The van der Waals surface area contributed by atoms with E-state index in [-0.39, 0.29) is 11.9 Å². The van der Waals surface area contributed by atoms with Crippen molar-refractivity contribution >= 4 is 15.9 Å². The maximum atomic E-state index is 13.3. The van der Waals surface area contributed by atoms with Crippen LogP contribution in [-0.4, -0.2) is 6.54 Å². The number of halogens is 2. The lowest BCUT2D eigenvalue weighted by molar-refractivity contribution is 0.525. The number of aryl methyl sites for hydroxylation is 1. The lowest BCUT2D eigenvalue weighted by Crippen LogP contribution is -2.24. The zero-order valence-corrected chi connectivity index (χ0v) is 14.1. The highest BCUT2D eigenvalue weighted by molar-refractivity contribution is 9.10. The van der Waals surface area contributed by atoms with Crippen molar-refractivity contribution in [2.75, 3.05) is 6.54 Å². The first-order chi connectivity index (χ1) is 10.1. The summed E-state index contributed by atoms with van der Waals surface area (Å²) in [5.74, 6) is -0.172. The summed E-state index contributed by atoms with van der Waals surface area (Å²) in [5, 5.41) is 3.57. The summed E-state index contributed by atoms with van der Waals surface area (Å²) in [6, 6.07) is 13.6. The molecule has 0 aliphatic carbocycles. The van der Waals surface area contributed by atoms with Crippen molar-refractivity contribution in [1.29, 1.82) is 0 Å². The summed E-state index contributed by atoms with van der Waals surface area (Å²) < 4.78 is 14.4. The summed E-state index contributed by atoms with van der Waals surface area (Å²) in [7, 11) is 0. The van der Waals surface area contributed by atoms with Crippen LogP contribution in [0.4, 0.5) is 4.39 Å². The molecule has 1 N–H and O–H groups in total. The predicted octanol–water partition coefficient (Wildman–Crippen LogP) is 5.18. The minimum atomic E-state index is -0.172. The van der Waals surface area contributed by atoms with Crippen LogP contribution in [0.1, 0.15) is 36.1 Å². The van der Waals surface area contributed by atoms with Crippen molar-refractivity contribution in [2.24, 2.45) is 0 Å². The van der Waals surface area contributed by atoms with Gasteiger partial charge in [0.25, 0.3) is 0 Å². The van der Waals surface area contributed by atoms with E-state index in [4.69, 9.17) is 0 Å². The second-order valence-electron chi connectivity index (χ2n) is 5.34. The van der Waals surface area contributed by atoms with Gasteiger partial charge >= 0.3 is 0 Å². The highest BCUT2D eigenvalue weighted by Crippen LogP contribution is 2.23. The largest absolute Gasteiger partial charge is 0.310 e. The summed E-state index contributed by atoms with van der Waals surface area (Å²) in [5.41, 5.74) is 3.45. The molecule has 0 aliphatic rings. The lowest BCUT2D eigenvalue weighted by Gasteiger charge is -2.21. The van der Waals surface area contributed by atoms with Gasteiger partial charge in [0.05, 0.1) is 0 Å². The minimum Gasteiger partial charge on any atom is -0.310 e. The van der Waals surface area contributed by atoms with E-state index in [1.165, 1.54) is 11.1 Å². The van der Waals surface area contributed by atoms with Crippen LogP contribution in [0.5, 0.6) is 0 Å². The van der Waals surface area contributed by atoms with Gasteiger partial charge in [-0.3, -0.25) is 0 Å². The van der Waals surface area contributed by atoms with E-state index < -0.39 is 0 Å². The third-order valence-corrected chi connectivity index (χ3v) is 4.13. The maximum absolute atomic E-state index is 13.3. The molecule has 1 nitrogen and oxygen atoms in total. The van der Waals surface area contributed by atoms with Crippen LogP contribution in [0, 0.1) is 12.7 Å². The molecule has 0 saturated heterocycles. The molecule has 112 valence electrons. The van der Waals surface area contributed by atoms with Crippen molar-refractivity contribution in [3.05, 3.63) is 69.4 Å². The third-order valence-electron chi connectivity index (χ3n) is 3.60. The Morgan fingerprint density at radius 3 is 2.48 bits per heavy atom. The Balaban J connectivity index is 2.22. The summed E-state index contributed by atoms with van der Waals surface area (Å²) in [4.78, 5) is 0. The smallest absolute Gasteiger partial charge is 0.123 e. The molecule has 2 aromatic rings. The average molecular weight is 350 g/mol. The van der Waals surface area contributed by atoms with Crippen molar-refractivity contribution in [3.63, 3.8) is 0 Å². The quantitative estimate of drug-likeness (QED) is 0.757. The van der Waals surface area contributed by atoms with E-state index >= 15 is 0 Å². The van der Waals surface area contributed by atoms with Crippen LogP contribution in [0.3, 0.4) is 0 Å². The number of rotatable bonds is 6. The first-order valence-electron chi connectivity index (χ1n) is 7.34. The van der Waals surface area contributed by atoms with Crippen molar-refractivity contribution < 1.29 is 4.39 Å². The average Bonchev–Trinajstić information content (AvgIpc) is 2.46. The SMILES string of the molecule is CCCNC(Cc1ccc(Br)cc1)c1ccc(F)cc1C. The summed E-state index contributed by atoms with van der Waals surface area (Å²) >= 11 is 3.46. The van der Waals surface area contributed by atoms with Crippen LogP contribution in [0.2, 0.25) is 0 Å². The van der Waals surface area contributed by atoms with Gasteiger partial charge in [-0.05, 0) is 67.3 Å². The van der Waals surface area contributed by atoms with Gasteiger partial charge in [-0.15, -0.1) is 0 Å². The molecule has 0 bridgehead atoms. The first-order valence-corrected chi connectivity index (χ1v) is 8.13. The molecule has 0 radical (unpaired) electrons. The molecule has 2 aromatic carbocycles. The number of hydrogen-bond donors (Lipinski definition) is 1. The van der Waals surface area contributed by atoms with Crippen LogP contribution in [0.15, 0.2) is 46.9 Å². The van der Waals surface area contributed by atoms with Crippen LogP contribution >= 0.6 is 15.9 Å². The molecular weight excluding hydrogens is 329 g/mol. The fraction of sp³-hybridized carbons (Fsp3) is 0.333. The zero-order valence-electron chi connectivity index (χ0n) is 12.5. The second kappa shape index (κ2) is 7.71. The highest BCUT2D eigenvalue weighted by atomic mass is 79.9. The molecule has 0 aliphatic heterocycles. The molecule has 0 saturated carbocycles. The molecule has 0 amide bonds. The van der Waals surface area contributed by atoms with E-state index in [2.05, 4.69) is 52.4 Å². The lowest BCUT2D eigenvalue weighted by atomic mass is 9.95. The topological polar surface area (TPSA) is 12.0 Å². The maximum Gasteiger partial charge on any atom is 0.123 e. The van der Waals surface area contributed by atoms with Gasteiger partial charge < -0.3 is 5.32 Å². The Hall–Kier alpha value is -1.19.